The Morgan fingerprint density at radius 2 is 1.79 bits per heavy atom. The summed E-state index contributed by atoms with van der Waals surface area (Å²) >= 11 is 0. The summed E-state index contributed by atoms with van der Waals surface area (Å²) in [5.74, 6) is -3.00. The molecule has 2 aromatic rings. The first-order valence-electron chi connectivity index (χ1n) is 5.21. The maximum atomic E-state index is 10.9. The first kappa shape index (κ1) is 12.5. The molecular formula is C12H7N3O4-2. The van der Waals surface area contributed by atoms with Gasteiger partial charge in [0.05, 0.1) is 17.6 Å². The van der Waals surface area contributed by atoms with Crippen molar-refractivity contribution < 1.29 is 19.8 Å². The van der Waals surface area contributed by atoms with Gasteiger partial charge in [-0.05, 0) is 24.3 Å². The molecule has 19 heavy (non-hydrogen) atoms. The van der Waals surface area contributed by atoms with Crippen molar-refractivity contribution in [3.05, 3.63) is 47.8 Å². The van der Waals surface area contributed by atoms with E-state index in [0.717, 1.165) is 10.9 Å². The molecular weight excluding hydrogens is 250 g/mol. The SMILES string of the molecule is O=C([O-])/C=C\c1nn(-c2ccccc2)nc1C(=O)[O-]. The van der Waals surface area contributed by atoms with Crippen LogP contribution in [0.5, 0.6) is 0 Å². The van der Waals surface area contributed by atoms with Crippen molar-refractivity contribution >= 4 is 18.0 Å². The van der Waals surface area contributed by atoms with Crippen molar-refractivity contribution in [1.82, 2.24) is 15.0 Å². The molecule has 0 aliphatic heterocycles. The predicted molar refractivity (Wildman–Crippen MR) is 59.7 cm³/mol. The minimum Gasteiger partial charge on any atom is -0.545 e. The number of aromatic nitrogens is 3. The number of rotatable bonds is 4. The zero-order valence-electron chi connectivity index (χ0n) is 9.52. The van der Waals surface area contributed by atoms with Gasteiger partial charge in [-0.15, -0.1) is 10.2 Å². The van der Waals surface area contributed by atoms with Gasteiger partial charge in [-0.1, -0.05) is 18.2 Å². The monoisotopic (exact) mass is 257 g/mol. The van der Waals surface area contributed by atoms with Crippen LogP contribution in [0.3, 0.4) is 0 Å². The van der Waals surface area contributed by atoms with Crippen LogP contribution in [0.15, 0.2) is 36.4 Å². The van der Waals surface area contributed by atoms with Crippen LogP contribution in [0, 0.1) is 0 Å². The first-order chi connectivity index (χ1) is 9.08. The van der Waals surface area contributed by atoms with Crippen molar-refractivity contribution in [3.63, 3.8) is 0 Å². The lowest BCUT2D eigenvalue weighted by Gasteiger charge is -1.97. The average molecular weight is 257 g/mol. The third-order valence-corrected chi connectivity index (χ3v) is 2.20. The molecule has 0 aliphatic carbocycles. The number of hydrogen-bond donors (Lipinski definition) is 0. The number of nitrogens with zero attached hydrogens (tertiary/aromatic N) is 3. The van der Waals surface area contributed by atoms with Gasteiger partial charge in [0.15, 0.2) is 0 Å². The van der Waals surface area contributed by atoms with Gasteiger partial charge in [0.1, 0.15) is 11.4 Å². The zero-order chi connectivity index (χ0) is 13.8. The Morgan fingerprint density at radius 1 is 1.11 bits per heavy atom. The molecule has 0 N–H and O–H groups in total. The van der Waals surface area contributed by atoms with Crippen molar-refractivity contribution in [3.8, 4) is 5.69 Å². The highest BCUT2D eigenvalue weighted by molar-refractivity contribution is 5.90. The Hall–Kier alpha value is -2.96. The van der Waals surface area contributed by atoms with Gasteiger partial charge in [-0.3, -0.25) is 0 Å². The molecule has 1 aromatic carbocycles. The molecule has 96 valence electrons. The number of benzene rings is 1. The summed E-state index contributed by atoms with van der Waals surface area (Å²) in [4.78, 5) is 22.3. The number of aliphatic carboxylic acids is 1. The fourth-order valence-electron chi connectivity index (χ4n) is 1.40. The van der Waals surface area contributed by atoms with Crippen LogP contribution in [-0.4, -0.2) is 26.9 Å². The molecule has 1 heterocycles. The molecule has 0 fully saturated rings. The number of carboxylic acids is 2. The maximum absolute atomic E-state index is 10.9. The van der Waals surface area contributed by atoms with E-state index in [-0.39, 0.29) is 5.69 Å². The van der Waals surface area contributed by atoms with Crippen molar-refractivity contribution in [2.75, 3.05) is 0 Å². The second-order valence-corrected chi connectivity index (χ2v) is 3.50. The van der Waals surface area contributed by atoms with Gasteiger partial charge < -0.3 is 19.8 Å². The smallest absolute Gasteiger partial charge is 0.136 e. The van der Waals surface area contributed by atoms with Gasteiger partial charge >= 0.3 is 0 Å². The Kier molecular flexibility index (Phi) is 3.37. The van der Waals surface area contributed by atoms with Gasteiger partial charge in [-0.25, -0.2) is 0 Å². The van der Waals surface area contributed by atoms with Crippen LogP contribution < -0.4 is 10.2 Å². The van der Waals surface area contributed by atoms with E-state index in [1.807, 2.05) is 0 Å². The van der Waals surface area contributed by atoms with Crippen LogP contribution in [0.2, 0.25) is 0 Å². The summed E-state index contributed by atoms with van der Waals surface area (Å²) in [6, 6.07) is 8.59. The van der Waals surface area contributed by atoms with Crippen LogP contribution in [-0.2, 0) is 4.79 Å². The highest BCUT2D eigenvalue weighted by atomic mass is 16.4. The fraction of sp³-hybridized carbons (Fsp3) is 0. The highest BCUT2D eigenvalue weighted by Gasteiger charge is 2.10. The Bertz CT molecular complexity index is 646. The lowest BCUT2D eigenvalue weighted by molar-refractivity contribution is -0.297. The molecule has 0 saturated carbocycles. The second kappa shape index (κ2) is 5.13. The summed E-state index contributed by atoms with van der Waals surface area (Å²) in [6.45, 7) is 0. The van der Waals surface area contributed by atoms with Crippen LogP contribution in [0.4, 0.5) is 0 Å². The summed E-state index contributed by atoms with van der Waals surface area (Å²) in [6.07, 6.45) is 1.67. The fourth-order valence-corrected chi connectivity index (χ4v) is 1.40. The summed E-state index contributed by atoms with van der Waals surface area (Å²) in [5, 5.41) is 28.8. The molecule has 0 atom stereocenters. The summed E-state index contributed by atoms with van der Waals surface area (Å²) in [5.41, 5.74) is -0.0208. The van der Waals surface area contributed by atoms with E-state index in [9.17, 15) is 19.8 Å². The standard InChI is InChI=1S/C12H9N3O4/c16-10(17)7-6-9-11(12(18)19)14-15(13-9)8-4-2-1-3-5-8/h1-7H,(H,16,17)(H,18,19)/p-2/b7-6-. The van der Waals surface area contributed by atoms with Crippen molar-refractivity contribution in [1.29, 1.82) is 0 Å². The Balaban J connectivity index is 2.47. The zero-order valence-corrected chi connectivity index (χ0v) is 9.52. The van der Waals surface area contributed by atoms with E-state index >= 15 is 0 Å². The third-order valence-electron chi connectivity index (χ3n) is 2.20. The van der Waals surface area contributed by atoms with Crippen LogP contribution in [0.1, 0.15) is 16.2 Å². The molecule has 0 aliphatic rings. The normalized spacial score (nSPS) is 10.7. The first-order valence-corrected chi connectivity index (χ1v) is 5.21. The number of hydrogen-bond acceptors (Lipinski definition) is 6. The van der Waals surface area contributed by atoms with Crippen LogP contribution in [0.25, 0.3) is 11.8 Å². The van der Waals surface area contributed by atoms with Gasteiger partial charge in [0, 0.05) is 0 Å². The second-order valence-electron chi connectivity index (χ2n) is 3.50. The van der Waals surface area contributed by atoms with E-state index in [0.29, 0.717) is 11.8 Å². The van der Waals surface area contributed by atoms with Crippen LogP contribution >= 0.6 is 0 Å². The minimum atomic E-state index is -1.54. The number of aromatic carboxylic acids is 1. The van der Waals surface area contributed by atoms with Crippen molar-refractivity contribution in [2.45, 2.75) is 0 Å². The van der Waals surface area contributed by atoms with E-state index in [1.165, 1.54) is 0 Å². The molecule has 7 heteroatoms. The lowest BCUT2D eigenvalue weighted by atomic mass is 10.3. The minimum absolute atomic E-state index is 0.118. The molecule has 1 aromatic heterocycles. The largest absolute Gasteiger partial charge is 0.545 e. The number of carboxylic acid groups (broad SMARTS) is 2. The molecule has 0 unspecified atom stereocenters. The molecule has 0 amide bonds. The molecule has 2 rings (SSSR count). The Labute approximate surface area is 107 Å². The quantitative estimate of drug-likeness (QED) is 0.609. The molecule has 0 radical (unpaired) electrons. The number of carbonyl (C=O) groups is 2. The average Bonchev–Trinajstić information content (AvgIpc) is 2.81. The molecule has 0 spiro atoms. The number of para-hydroxylation sites is 1. The predicted octanol–water partition coefficient (Wildman–Crippen LogP) is -1.61. The maximum Gasteiger partial charge on any atom is 0.136 e. The highest BCUT2D eigenvalue weighted by Crippen LogP contribution is 2.09. The van der Waals surface area contributed by atoms with E-state index in [4.69, 9.17) is 0 Å². The molecule has 7 nitrogen and oxygen atoms in total. The van der Waals surface area contributed by atoms with Gasteiger partial charge in [0.2, 0.25) is 0 Å². The van der Waals surface area contributed by atoms with Gasteiger partial charge in [0.25, 0.3) is 0 Å². The third kappa shape index (κ3) is 2.83. The summed E-state index contributed by atoms with van der Waals surface area (Å²) in [7, 11) is 0. The van der Waals surface area contributed by atoms with E-state index < -0.39 is 17.6 Å². The Morgan fingerprint density at radius 3 is 2.37 bits per heavy atom. The van der Waals surface area contributed by atoms with Gasteiger partial charge in [-0.2, -0.15) is 4.80 Å². The lowest BCUT2D eigenvalue weighted by Crippen LogP contribution is -2.24. The topological polar surface area (TPSA) is 111 Å². The van der Waals surface area contributed by atoms with E-state index in [2.05, 4.69) is 10.2 Å². The van der Waals surface area contributed by atoms with E-state index in [1.54, 1.807) is 30.3 Å². The molecule has 0 saturated heterocycles. The number of carbonyl (C=O) groups excluding carboxylic acids is 2. The summed E-state index contributed by atoms with van der Waals surface area (Å²) < 4.78 is 0. The van der Waals surface area contributed by atoms with Crippen molar-refractivity contribution in [2.24, 2.45) is 0 Å². The molecule has 0 bridgehead atoms.